The van der Waals surface area contributed by atoms with E-state index in [0.717, 1.165) is 53.3 Å². The van der Waals surface area contributed by atoms with Crippen molar-refractivity contribution in [3.05, 3.63) is 35.0 Å². The number of aromatic nitrogens is 4. The average molecular weight is 362 g/mol. The fraction of sp³-hybridized carbons (Fsp3) is 0.438. The first kappa shape index (κ1) is 15.9. The Morgan fingerprint density at radius 3 is 3.08 bits per heavy atom. The number of ether oxygens (including phenoxy) is 1. The number of hydrogen-bond donors (Lipinski definition) is 0. The lowest BCUT2D eigenvalue weighted by molar-refractivity contribution is 0.0953. The predicted octanol–water partition coefficient (Wildman–Crippen LogP) is 3.77. The Balaban J connectivity index is 1.57. The minimum atomic E-state index is 0.244. The molecule has 0 bridgehead atoms. The second-order valence-electron chi connectivity index (χ2n) is 5.75. The first-order valence-corrected chi connectivity index (χ1v) is 9.80. The predicted molar refractivity (Wildman–Crippen MR) is 93.1 cm³/mol. The van der Waals surface area contributed by atoms with Gasteiger partial charge in [-0.15, -0.1) is 21.5 Å². The normalized spacial score (nSPS) is 17.6. The molecule has 1 saturated heterocycles. The van der Waals surface area contributed by atoms with E-state index in [9.17, 15) is 0 Å². The average Bonchev–Trinajstić information content (AvgIpc) is 3.34. The Kier molecular flexibility index (Phi) is 4.68. The van der Waals surface area contributed by atoms with Crippen molar-refractivity contribution in [2.75, 3.05) is 6.61 Å². The highest BCUT2D eigenvalue weighted by Crippen LogP contribution is 2.30. The molecule has 1 unspecified atom stereocenters. The van der Waals surface area contributed by atoms with Gasteiger partial charge in [0.2, 0.25) is 0 Å². The summed E-state index contributed by atoms with van der Waals surface area (Å²) in [6.07, 6.45) is 2.46. The molecule has 24 heavy (non-hydrogen) atoms. The van der Waals surface area contributed by atoms with E-state index in [1.807, 2.05) is 19.1 Å². The van der Waals surface area contributed by atoms with Gasteiger partial charge in [0.25, 0.3) is 0 Å². The molecule has 0 aliphatic carbocycles. The maximum Gasteiger partial charge on any atom is 0.191 e. The van der Waals surface area contributed by atoms with Gasteiger partial charge in [0.05, 0.1) is 23.2 Å². The SMILES string of the molecule is Cc1cc(CSc2nnc(-c3cccs3)n2CC2CCCO2)no1. The van der Waals surface area contributed by atoms with Crippen molar-refractivity contribution in [3.8, 4) is 10.7 Å². The molecule has 0 N–H and O–H groups in total. The van der Waals surface area contributed by atoms with Crippen LogP contribution >= 0.6 is 23.1 Å². The van der Waals surface area contributed by atoms with E-state index >= 15 is 0 Å². The Morgan fingerprint density at radius 2 is 2.38 bits per heavy atom. The maximum absolute atomic E-state index is 5.81. The van der Waals surface area contributed by atoms with Gasteiger partial charge in [0, 0.05) is 18.4 Å². The zero-order valence-corrected chi connectivity index (χ0v) is 15.0. The molecule has 1 fully saturated rings. The summed E-state index contributed by atoms with van der Waals surface area (Å²) in [5, 5.41) is 15.8. The minimum Gasteiger partial charge on any atom is -0.376 e. The summed E-state index contributed by atoms with van der Waals surface area (Å²) < 4.78 is 13.1. The van der Waals surface area contributed by atoms with Crippen LogP contribution in [0, 0.1) is 6.92 Å². The summed E-state index contributed by atoms with van der Waals surface area (Å²) in [6, 6.07) is 6.07. The molecule has 1 aliphatic rings. The highest BCUT2D eigenvalue weighted by molar-refractivity contribution is 7.98. The first-order valence-electron chi connectivity index (χ1n) is 7.93. The fourth-order valence-corrected chi connectivity index (χ4v) is 4.31. The summed E-state index contributed by atoms with van der Waals surface area (Å²) in [4.78, 5) is 1.13. The van der Waals surface area contributed by atoms with Gasteiger partial charge in [-0.1, -0.05) is 23.0 Å². The van der Waals surface area contributed by atoms with E-state index in [2.05, 4.69) is 31.4 Å². The molecule has 126 valence electrons. The van der Waals surface area contributed by atoms with Crippen LogP contribution in [0.15, 0.2) is 33.3 Å². The van der Waals surface area contributed by atoms with Crippen molar-refractivity contribution in [1.29, 1.82) is 0 Å². The third-order valence-corrected chi connectivity index (χ3v) is 5.76. The van der Waals surface area contributed by atoms with Gasteiger partial charge in [0.1, 0.15) is 5.76 Å². The summed E-state index contributed by atoms with van der Waals surface area (Å²) in [5.74, 6) is 2.45. The van der Waals surface area contributed by atoms with Crippen LogP contribution in [0.25, 0.3) is 10.7 Å². The Labute approximate surface area is 148 Å². The lowest BCUT2D eigenvalue weighted by Gasteiger charge is -2.13. The molecule has 0 aromatic carbocycles. The third-order valence-electron chi connectivity index (χ3n) is 3.89. The topological polar surface area (TPSA) is 66.0 Å². The first-order chi connectivity index (χ1) is 11.8. The van der Waals surface area contributed by atoms with Crippen LogP contribution in [-0.4, -0.2) is 32.6 Å². The van der Waals surface area contributed by atoms with Crippen LogP contribution < -0.4 is 0 Å². The van der Waals surface area contributed by atoms with Crippen molar-refractivity contribution in [2.24, 2.45) is 0 Å². The molecular formula is C16H18N4O2S2. The van der Waals surface area contributed by atoms with Gasteiger partial charge in [-0.2, -0.15) is 0 Å². The zero-order valence-electron chi connectivity index (χ0n) is 13.3. The summed E-state index contributed by atoms with van der Waals surface area (Å²) >= 11 is 3.31. The molecule has 1 aliphatic heterocycles. The van der Waals surface area contributed by atoms with Crippen molar-refractivity contribution >= 4 is 23.1 Å². The number of thiophene rings is 1. The third kappa shape index (κ3) is 3.40. The summed E-state index contributed by atoms with van der Waals surface area (Å²) in [6.45, 7) is 3.54. The standard InChI is InChI=1S/C16H18N4O2S2/c1-11-8-12(19-22-11)10-24-16-18-17-15(14-5-3-7-23-14)20(16)9-13-4-2-6-21-13/h3,5,7-8,13H,2,4,6,9-10H2,1H3. The molecule has 1 atom stereocenters. The van der Waals surface area contributed by atoms with Crippen LogP contribution in [0.2, 0.25) is 0 Å². The zero-order chi connectivity index (χ0) is 16.4. The number of nitrogens with zero attached hydrogens (tertiary/aromatic N) is 4. The lowest BCUT2D eigenvalue weighted by atomic mass is 10.2. The van der Waals surface area contributed by atoms with Gasteiger partial charge >= 0.3 is 0 Å². The molecule has 0 saturated carbocycles. The van der Waals surface area contributed by atoms with Crippen molar-refractivity contribution < 1.29 is 9.26 Å². The number of hydrogen-bond acceptors (Lipinski definition) is 7. The van der Waals surface area contributed by atoms with Crippen LogP contribution in [0.1, 0.15) is 24.3 Å². The van der Waals surface area contributed by atoms with E-state index in [4.69, 9.17) is 9.26 Å². The molecule has 6 nitrogen and oxygen atoms in total. The highest BCUT2D eigenvalue weighted by atomic mass is 32.2. The quantitative estimate of drug-likeness (QED) is 0.622. The van der Waals surface area contributed by atoms with E-state index in [1.54, 1.807) is 23.1 Å². The number of thioether (sulfide) groups is 1. The molecule has 3 aromatic rings. The molecular weight excluding hydrogens is 344 g/mol. The largest absolute Gasteiger partial charge is 0.376 e. The van der Waals surface area contributed by atoms with E-state index in [-0.39, 0.29) is 6.10 Å². The molecule has 8 heteroatoms. The Morgan fingerprint density at radius 1 is 1.42 bits per heavy atom. The fourth-order valence-electron chi connectivity index (χ4n) is 2.76. The second-order valence-corrected chi connectivity index (χ2v) is 7.64. The van der Waals surface area contributed by atoms with Crippen LogP contribution in [0.4, 0.5) is 0 Å². The number of rotatable bonds is 6. The van der Waals surface area contributed by atoms with Gasteiger partial charge in [-0.05, 0) is 31.2 Å². The maximum atomic E-state index is 5.81. The van der Waals surface area contributed by atoms with Crippen LogP contribution in [0.5, 0.6) is 0 Å². The van der Waals surface area contributed by atoms with E-state index in [1.165, 1.54) is 0 Å². The van der Waals surface area contributed by atoms with Crippen molar-refractivity contribution in [3.63, 3.8) is 0 Å². The van der Waals surface area contributed by atoms with Crippen LogP contribution in [0.3, 0.4) is 0 Å². The van der Waals surface area contributed by atoms with Gasteiger partial charge in [-0.25, -0.2) is 0 Å². The van der Waals surface area contributed by atoms with Crippen LogP contribution in [-0.2, 0) is 17.0 Å². The van der Waals surface area contributed by atoms with Gasteiger partial charge < -0.3 is 9.26 Å². The number of aryl methyl sites for hydroxylation is 1. The molecule has 0 amide bonds. The molecule has 0 radical (unpaired) electrons. The molecule has 0 spiro atoms. The Hall–Kier alpha value is -1.64. The molecule has 3 aromatic heterocycles. The van der Waals surface area contributed by atoms with E-state index in [0.29, 0.717) is 5.75 Å². The van der Waals surface area contributed by atoms with Crippen molar-refractivity contribution in [1.82, 2.24) is 19.9 Å². The van der Waals surface area contributed by atoms with Gasteiger partial charge in [-0.3, -0.25) is 4.57 Å². The lowest BCUT2D eigenvalue weighted by Crippen LogP contribution is -2.16. The second kappa shape index (κ2) is 7.08. The monoisotopic (exact) mass is 362 g/mol. The van der Waals surface area contributed by atoms with Gasteiger partial charge in [0.15, 0.2) is 11.0 Å². The summed E-state index contributed by atoms with van der Waals surface area (Å²) in [7, 11) is 0. The molecule has 4 rings (SSSR count). The minimum absolute atomic E-state index is 0.244. The van der Waals surface area contributed by atoms with Crippen molar-refractivity contribution in [2.45, 2.75) is 43.3 Å². The Bertz CT molecular complexity index is 791. The smallest absolute Gasteiger partial charge is 0.191 e. The molecule has 4 heterocycles. The van der Waals surface area contributed by atoms with E-state index < -0.39 is 0 Å². The summed E-state index contributed by atoms with van der Waals surface area (Å²) in [5.41, 5.74) is 0.918. The highest BCUT2D eigenvalue weighted by Gasteiger charge is 2.22.